The average molecular weight is 787 g/mol. The molecule has 0 spiro atoms. The molecular weight excluding hydrogens is 697 g/mol. The molecule has 6 heteroatoms. The summed E-state index contributed by atoms with van der Waals surface area (Å²) in [7, 11) is 0. The van der Waals surface area contributed by atoms with E-state index in [0.717, 1.165) is 77.0 Å². The molecule has 0 aliphatic carbocycles. The Balaban J connectivity index is 4.16. The molecule has 0 radical (unpaired) electrons. The lowest BCUT2D eigenvalue weighted by Crippen LogP contribution is -2.30. The summed E-state index contributed by atoms with van der Waals surface area (Å²) in [5.74, 6) is -0.897. The normalized spacial score (nSPS) is 12.3. The molecule has 0 saturated carbocycles. The molecule has 0 aliphatic heterocycles. The van der Waals surface area contributed by atoms with Crippen LogP contribution in [0.4, 0.5) is 0 Å². The topological polar surface area (TPSA) is 78.9 Å². The Morgan fingerprint density at radius 3 is 1.05 bits per heavy atom. The van der Waals surface area contributed by atoms with Gasteiger partial charge in [0.15, 0.2) is 6.10 Å². The molecule has 0 rings (SSSR count). The van der Waals surface area contributed by atoms with E-state index in [-0.39, 0.29) is 31.1 Å². The van der Waals surface area contributed by atoms with Gasteiger partial charge in [0.05, 0.1) is 0 Å². The minimum atomic E-state index is -0.771. The summed E-state index contributed by atoms with van der Waals surface area (Å²) in [6.07, 6.45) is 51.5. The second-order valence-electron chi connectivity index (χ2n) is 16.0. The quantitative estimate of drug-likeness (QED) is 0.0265. The Kier molecular flexibility index (Phi) is 43.4. The minimum absolute atomic E-state index is 0.0763. The summed E-state index contributed by atoms with van der Waals surface area (Å²) in [5, 5.41) is 0. The van der Waals surface area contributed by atoms with Crippen molar-refractivity contribution in [2.45, 2.75) is 252 Å². The van der Waals surface area contributed by atoms with Crippen LogP contribution in [-0.4, -0.2) is 37.2 Å². The summed E-state index contributed by atoms with van der Waals surface area (Å²) in [6.45, 7) is 6.52. The highest BCUT2D eigenvalue weighted by Crippen LogP contribution is 2.14. The van der Waals surface area contributed by atoms with Crippen LogP contribution in [0.1, 0.15) is 245 Å². The fourth-order valence-corrected chi connectivity index (χ4v) is 6.69. The van der Waals surface area contributed by atoms with Crippen molar-refractivity contribution in [3.8, 4) is 0 Å². The largest absolute Gasteiger partial charge is 0.462 e. The molecule has 0 fully saturated rings. The maximum Gasteiger partial charge on any atom is 0.306 e. The molecule has 0 aromatic rings. The third kappa shape index (κ3) is 42.8. The van der Waals surface area contributed by atoms with E-state index in [2.05, 4.69) is 57.2 Å². The van der Waals surface area contributed by atoms with Gasteiger partial charge >= 0.3 is 17.9 Å². The zero-order valence-corrected chi connectivity index (χ0v) is 37.2. The van der Waals surface area contributed by atoms with Gasteiger partial charge in [-0.15, -0.1) is 0 Å². The highest BCUT2D eigenvalue weighted by Gasteiger charge is 2.19. The summed E-state index contributed by atoms with van der Waals surface area (Å²) >= 11 is 0. The summed E-state index contributed by atoms with van der Waals surface area (Å²) in [6, 6.07) is 0. The van der Waals surface area contributed by atoms with Crippen LogP contribution in [0, 0.1) is 0 Å². The van der Waals surface area contributed by atoms with Crippen molar-refractivity contribution in [2.24, 2.45) is 0 Å². The molecule has 0 aromatic heterocycles. The van der Waals surface area contributed by atoms with Crippen molar-refractivity contribution in [1.29, 1.82) is 0 Å². The molecule has 0 bridgehead atoms. The van der Waals surface area contributed by atoms with Crippen LogP contribution in [0.2, 0.25) is 0 Å². The minimum Gasteiger partial charge on any atom is -0.462 e. The van der Waals surface area contributed by atoms with Gasteiger partial charge in [-0.3, -0.25) is 14.4 Å². The molecule has 56 heavy (non-hydrogen) atoms. The highest BCUT2D eigenvalue weighted by molar-refractivity contribution is 5.71. The van der Waals surface area contributed by atoms with Gasteiger partial charge in [0.2, 0.25) is 0 Å². The Hall–Kier alpha value is -2.37. The lowest BCUT2D eigenvalue weighted by molar-refractivity contribution is -0.167. The Morgan fingerprint density at radius 1 is 0.357 bits per heavy atom. The van der Waals surface area contributed by atoms with Crippen LogP contribution in [0.15, 0.2) is 36.5 Å². The predicted molar refractivity (Wildman–Crippen MR) is 238 cm³/mol. The number of allylic oxidation sites excluding steroid dienone is 6. The van der Waals surface area contributed by atoms with Gasteiger partial charge < -0.3 is 14.2 Å². The first kappa shape index (κ1) is 53.6. The first-order chi connectivity index (χ1) is 27.5. The number of carbonyl (C=O) groups is 3. The molecule has 0 aromatic carbocycles. The SMILES string of the molecule is CCCC/C=C\CCCCCCCC(=O)OC(COC(=O)CCCCCCCC)COC(=O)CCCCCCCCCCC/C=C\C/C=C\CCCCCCC. The molecule has 0 heterocycles. The maximum absolute atomic E-state index is 12.7. The van der Waals surface area contributed by atoms with E-state index in [0.29, 0.717) is 19.3 Å². The fourth-order valence-electron chi connectivity index (χ4n) is 6.69. The van der Waals surface area contributed by atoms with Gasteiger partial charge in [0.25, 0.3) is 0 Å². The van der Waals surface area contributed by atoms with E-state index in [1.54, 1.807) is 0 Å². The van der Waals surface area contributed by atoms with E-state index in [9.17, 15) is 14.4 Å². The first-order valence-corrected chi connectivity index (χ1v) is 24.0. The molecule has 6 nitrogen and oxygen atoms in total. The van der Waals surface area contributed by atoms with Crippen molar-refractivity contribution < 1.29 is 28.6 Å². The van der Waals surface area contributed by atoms with E-state index < -0.39 is 6.10 Å². The van der Waals surface area contributed by atoms with Gasteiger partial charge in [0, 0.05) is 19.3 Å². The van der Waals surface area contributed by atoms with E-state index >= 15 is 0 Å². The Bertz CT molecular complexity index is 953. The molecule has 0 saturated heterocycles. The highest BCUT2D eigenvalue weighted by atomic mass is 16.6. The number of ether oxygens (including phenoxy) is 3. The Morgan fingerprint density at radius 2 is 0.661 bits per heavy atom. The zero-order valence-electron chi connectivity index (χ0n) is 37.2. The predicted octanol–water partition coefficient (Wildman–Crippen LogP) is 15.4. The molecule has 0 amide bonds. The maximum atomic E-state index is 12.7. The van der Waals surface area contributed by atoms with Gasteiger partial charge in [0.1, 0.15) is 13.2 Å². The van der Waals surface area contributed by atoms with Crippen molar-refractivity contribution in [2.75, 3.05) is 13.2 Å². The number of carbonyl (C=O) groups excluding carboxylic acids is 3. The number of hydrogen-bond acceptors (Lipinski definition) is 6. The van der Waals surface area contributed by atoms with Crippen LogP contribution in [-0.2, 0) is 28.6 Å². The van der Waals surface area contributed by atoms with Crippen LogP contribution >= 0.6 is 0 Å². The van der Waals surface area contributed by atoms with Gasteiger partial charge in [-0.05, 0) is 70.6 Å². The number of esters is 3. The third-order valence-electron chi connectivity index (χ3n) is 10.4. The van der Waals surface area contributed by atoms with Crippen molar-refractivity contribution >= 4 is 17.9 Å². The third-order valence-corrected chi connectivity index (χ3v) is 10.4. The number of unbranched alkanes of at least 4 members (excludes halogenated alkanes) is 26. The molecule has 326 valence electrons. The lowest BCUT2D eigenvalue weighted by atomic mass is 10.1. The smallest absolute Gasteiger partial charge is 0.306 e. The fraction of sp³-hybridized carbons (Fsp3) is 0.820. The van der Waals surface area contributed by atoms with E-state index in [4.69, 9.17) is 14.2 Å². The van der Waals surface area contributed by atoms with Crippen LogP contribution in [0.5, 0.6) is 0 Å². The number of rotatable bonds is 43. The average Bonchev–Trinajstić information content (AvgIpc) is 3.19. The van der Waals surface area contributed by atoms with Crippen molar-refractivity contribution in [1.82, 2.24) is 0 Å². The van der Waals surface area contributed by atoms with E-state index in [1.807, 2.05) is 0 Å². The molecular formula is C50H90O6. The zero-order chi connectivity index (χ0) is 40.8. The molecule has 1 unspecified atom stereocenters. The van der Waals surface area contributed by atoms with Crippen molar-refractivity contribution in [3.05, 3.63) is 36.5 Å². The van der Waals surface area contributed by atoms with Crippen molar-refractivity contribution in [3.63, 3.8) is 0 Å². The second kappa shape index (κ2) is 45.3. The van der Waals surface area contributed by atoms with Crippen LogP contribution in [0.25, 0.3) is 0 Å². The summed E-state index contributed by atoms with van der Waals surface area (Å²) in [5.41, 5.74) is 0. The van der Waals surface area contributed by atoms with Gasteiger partial charge in [-0.25, -0.2) is 0 Å². The van der Waals surface area contributed by atoms with E-state index in [1.165, 1.54) is 128 Å². The molecule has 0 N–H and O–H groups in total. The standard InChI is InChI=1S/C50H90O6/c1-4-7-10-13-16-18-20-21-22-23-24-25-26-27-28-29-31-32-34-37-40-43-49(52)55-46-47(45-54-48(51)42-39-36-15-12-9-6-3)56-50(53)44-41-38-35-33-30-19-17-14-11-8-5-2/h14,17,20-21,23-24,47H,4-13,15-16,18-19,22,25-46H2,1-3H3/b17-14-,21-20-,24-23-. The van der Waals surface area contributed by atoms with Gasteiger partial charge in [-0.2, -0.15) is 0 Å². The number of hydrogen-bond donors (Lipinski definition) is 0. The van der Waals surface area contributed by atoms with Crippen LogP contribution < -0.4 is 0 Å². The monoisotopic (exact) mass is 787 g/mol. The lowest BCUT2D eigenvalue weighted by Gasteiger charge is -2.18. The molecule has 0 aliphatic rings. The molecule has 1 atom stereocenters. The summed E-state index contributed by atoms with van der Waals surface area (Å²) < 4.78 is 16.6. The summed E-state index contributed by atoms with van der Waals surface area (Å²) in [4.78, 5) is 37.6. The van der Waals surface area contributed by atoms with Gasteiger partial charge in [-0.1, -0.05) is 192 Å². The second-order valence-corrected chi connectivity index (χ2v) is 16.0. The first-order valence-electron chi connectivity index (χ1n) is 24.0. The Labute approximate surface area is 346 Å². The van der Waals surface area contributed by atoms with Crippen LogP contribution in [0.3, 0.4) is 0 Å².